The van der Waals surface area contributed by atoms with Gasteiger partial charge >= 0.3 is 0 Å². The molecule has 0 radical (unpaired) electrons. The van der Waals surface area contributed by atoms with Crippen LogP contribution in [0, 0.1) is 0 Å². The second-order valence-corrected chi connectivity index (χ2v) is 6.66. The molecule has 21 heavy (non-hydrogen) atoms. The van der Waals surface area contributed by atoms with Crippen LogP contribution in [-0.4, -0.2) is 18.5 Å². The van der Waals surface area contributed by atoms with Crippen LogP contribution in [0.2, 0.25) is 5.02 Å². The van der Waals surface area contributed by atoms with Crippen molar-refractivity contribution in [3.8, 4) is 0 Å². The van der Waals surface area contributed by atoms with Crippen molar-refractivity contribution < 1.29 is 13.5 Å². The van der Waals surface area contributed by atoms with E-state index in [9.17, 15) is 8.42 Å². The van der Waals surface area contributed by atoms with Crippen LogP contribution in [0.25, 0.3) is 0 Å². The lowest BCUT2D eigenvalue weighted by Gasteiger charge is -2.14. The zero-order valence-electron chi connectivity index (χ0n) is 11.3. The van der Waals surface area contributed by atoms with Gasteiger partial charge in [0.2, 0.25) is 0 Å². The number of nitrogens with zero attached hydrogens (tertiary/aromatic N) is 1. The van der Waals surface area contributed by atoms with Crippen molar-refractivity contribution in [2.75, 3.05) is 0 Å². The highest BCUT2D eigenvalue weighted by molar-refractivity contribution is 7.89. The van der Waals surface area contributed by atoms with E-state index in [4.69, 9.17) is 16.7 Å². The fourth-order valence-corrected chi connectivity index (χ4v) is 3.16. The first-order chi connectivity index (χ1) is 9.92. The monoisotopic (exact) mass is 326 g/mol. The smallest absolute Gasteiger partial charge is 0.258 e. The van der Waals surface area contributed by atoms with Gasteiger partial charge in [0.25, 0.3) is 10.0 Å². The number of sulfonamides is 1. The minimum Gasteiger partial charge on any atom is -0.392 e. The standard InChI is InChI=1S/C14H15ClN2O3S/c1-10(12-3-2-4-13(15)7-12)17-21(19,20)14-6-5-11(9-18)8-16-14/h2-8,10,17-18H,9H2,1H3. The van der Waals surface area contributed by atoms with Crippen molar-refractivity contribution >= 4 is 21.6 Å². The molecule has 0 aliphatic carbocycles. The maximum Gasteiger partial charge on any atom is 0.258 e. The van der Waals surface area contributed by atoms with Gasteiger partial charge < -0.3 is 5.11 Å². The largest absolute Gasteiger partial charge is 0.392 e. The van der Waals surface area contributed by atoms with Crippen molar-refractivity contribution in [2.45, 2.75) is 24.6 Å². The lowest BCUT2D eigenvalue weighted by Crippen LogP contribution is -2.27. The molecule has 1 aromatic carbocycles. The Balaban J connectivity index is 2.20. The Kier molecular flexibility index (Phi) is 4.95. The second-order valence-electron chi connectivity index (χ2n) is 4.56. The predicted molar refractivity (Wildman–Crippen MR) is 80.3 cm³/mol. The number of rotatable bonds is 5. The molecule has 2 aromatic rings. The average molecular weight is 327 g/mol. The summed E-state index contributed by atoms with van der Waals surface area (Å²) in [6.07, 6.45) is 1.33. The zero-order valence-corrected chi connectivity index (χ0v) is 12.9. The summed E-state index contributed by atoms with van der Waals surface area (Å²) in [4.78, 5) is 3.85. The van der Waals surface area contributed by atoms with Gasteiger partial charge in [-0.05, 0) is 36.2 Å². The van der Waals surface area contributed by atoms with E-state index < -0.39 is 16.1 Å². The topological polar surface area (TPSA) is 79.3 Å². The number of pyridine rings is 1. The Morgan fingerprint density at radius 2 is 2.10 bits per heavy atom. The van der Waals surface area contributed by atoms with E-state index in [0.29, 0.717) is 10.6 Å². The number of aromatic nitrogens is 1. The molecule has 1 aromatic heterocycles. The van der Waals surface area contributed by atoms with Crippen LogP contribution in [0.4, 0.5) is 0 Å². The minimum atomic E-state index is -3.73. The number of hydrogen-bond acceptors (Lipinski definition) is 4. The van der Waals surface area contributed by atoms with Gasteiger partial charge in [0.05, 0.1) is 6.61 Å². The molecule has 7 heteroatoms. The third-order valence-electron chi connectivity index (χ3n) is 2.94. The van der Waals surface area contributed by atoms with Crippen LogP contribution in [-0.2, 0) is 16.6 Å². The molecule has 0 bridgehead atoms. The first kappa shape index (κ1) is 15.9. The zero-order chi connectivity index (χ0) is 15.5. The molecule has 1 unspecified atom stereocenters. The molecular formula is C14H15ClN2O3S. The van der Waals surface area contributed by atoms with Gasteiger partial charge in [0.1, 0.15) is 0 Å². The van der Waals surface area contributed by atoms with Gasteiger partial charge in [0.15, 0.2) is 5.03 Å². The molecule has 0 fully saturated rings. The Bertz CT molecular complexity index is 717. The van der Waals surface area contributed by atoms with Crippen LogP contribution in [0.5, 0.6) is 0 Å². The van der Waals surface area contributed by atoms with Crippen molar-refractivity contribution in [2.24, 2.45) is 0 Å². The highest BCUT2D eigenvalue weighted by atomic mass is 35.5. The van der Waals surface area contributed by atoms with E-state index in [0.717, 1.165) is 5.56 Å². The molecule has 5 nitrogen and oxygen atoms in total. The molecule has 0 saturated heterocycles. The van der Waals surface area contributed by atoms with Crippen LogP contribution < -0.4 is 4.72 Å². The van der Waals surface area contributed by atoms with Crippen molar-refractivity contribution in [3.63, 3.8) is 0 Å². The molecular weight excluding hydrogens is 312 g/mol. The molecule has 0 saturated carbocycles. The van der Waals surface area contributed by atoms with E-state index in [1.54, 1.807) is 31.2 Å². The normalized spacial score (nSPS) is 13.1. The summed E-state index contributed by atoms with van der Waals surface area (Å²) < 4.78 is 27.0. The van der Waals surface area contributed by atoms with E-state index >= 15 is 0 Å². The third-order valence-corrected chi connectivity index (χ3v) is 4.63. The number of aliphatic hydroxyl groups is 1. The minimum absolute atomic E-state index is 0.0893. The summed E-state index contributed by atoms with van der Waals surface area (Å²) >= 11 is 5.90. The predicted octanol–water partition coefficient (Wildman–Crippen LogP) is 2.27. The molecule has 0 spiro atoms. The van der Waals surface area contributed by atoms with E-state index in [-0.39, 0.29) is 11.6 Å². The number of benzene rings is 1. The summed E-state index contributed by atoms with van der Waals surface area (Å²) in [5.41, 5.74) is 1.31. The fourth-order valence-electron chi connectivity index (χ4n) is 1.80. The van der Waals surface area contributed by atoms with Crippen molar-refractivity contribution in [3.05, 3.63) is 58.7 Å². The van der Waals surface area contributed by atoms with Gasteiger partial charge in [-0.1, -0.05) is 29.8 Å². The summed E-state index contributed by atoms with van der Waals surface area (Å²) in [5, 5.41) is 9.39. The van der Waals surface area contributed by atoms with Gasteiger partial charge in [-0.3, -0.25) is 0 Å². The van der Waals surface area contributed by atoms with E-state index in [2.05, 4.69) is 9.71 Å². The number of halogens is 1. The van der Waals surface area contributed by atoms with Gasteiger partial charge in [0, 0.05) is 17.3 Å². The maximum absolute atomic E-state index is 12.2. The van der Waals surface area contributed by atoms with Crippen molar-refractivity contribution in [1.82, 2.24) is 9.71 Å². The van der Waals surface area contributed by atoms with Gasteiger partial charge in [-0.15, -0.1) is 0 Å². The van der Waals surface area contributed by atoms with Crippen LogP contribution in [0.1, 0.15) is 24.1 Å². The Morgan fingerprint density at radius 1 is 1.33 bits per heavy atom. The summed E-state index contributed by atoms with van der Waals surface area (Å²) in [5.74, 6) is 0. The highest BCUT2D eigenvalue weighted by Gasteiger charge is 2.19. The van der Waals surface area contributed by atoms with Crippen LogP contribution in [0.3, 0.4) is 0 Å². The molecule has 112 valence electrons. The molecule has 2 rings (SSSR count). The van der Waals surface area contributed by atoms with E-state index in [1.807, 2.05) is 0 Å². The SMILES string of the molecule is CC(NS(=O)(=O)c1ccc(CO)cn1)c1cccc(Cl)c1. The molecule has 1 atom stereocenters. The highest BCUT2D eigenvalue weighted by Crippen LogP contribution is 2.19. The quantitative estimate of drug-likeness (QED) is 0.883. The summed E-state index contributed by atoms with van der Waals surface area (Å²) in [6.45, 7) is 1.55. The number of aliphatic hydroxyl groups excluding tert-OH is 1. The van der Waals surface area contributed by atoms with Crippen LogP contribution >= 0.6 is 11.6 Å². The second kappa shape index (κ2) is 6.53. The molecule has 2 N–H and O–H groups in total. The lowest BCUT2D eigenvalue weighted by molar-refractivity contribution is 0.281. The van der Waals surface area contributed by atoms with Crippen molar-refractivity contribution in [1.29, 1.82) is 0 Å². The van der Waals surface area contributed by atoms with Gasteiger partial charge in [-0.25, -0.2) is 18.1 Å². The van der Waals surface area contributed by atoms with E-state index in [1.165, 1.54) is 18.3 Å². The number of hydrogen-bond donors (Lipinski definition) is 2. The molecule has 0 amide bonds. The molecule has 1 heterocycles. The summed E-state index contributed by atoms with van der Waals surface area (Å²) in [6, 6.07) is 9.42. The molecule has 0 aliphatic rings. The maximum atomic E-state index is 12.2. The summed E-state index contributed by atoms with van der Waals surface area (Å²) in [7, 11) is -3.73. The molecule has 0 aliphatic heterocycles. The lowest BCUT2D eigenvalue weighted by atomic mass is 10.1. The Labute approximate surface area is 128 Å². The van der Waals surface area contributed by atoms with Gasteiger partial charge in [-0.2, -0.15) is 0 Å². The fraction of sp³-hybridized carbons (Fsp3) is 0.214. The third kappa shape index (κ3) is 4.01. The first-order valence-corrected chi connectivity index (χ1v) is 8.12. The first-order valence-electron chi connectivity index (χ1n) is 6.26. The van der Waals surface area contributed by atoms with Crippen LogP contribution in [0.15, 0.2) is 47.6 Å². The Hall–Kier alpha value is -1.47. The number of nitrogens with one attached hydrogen (secondary N) is 1. The Morgan fingerprint density at radius 3 is 2.67 bits per heavy atom. The average Bonchev–Trinajstić information content (AvgIpc) is 2.47.